The maximum absolute atomic E-state index is 12.6. The van der Waals surface area contributed by atoms with E-state index in [2.05, 4.69) is 27.3 Å². The molecule has 0 atom stereocenters. The molecule has 1 fully saturated rings. The van der Waals surface area contributed by atoms with Gasteiger partial charge in [0.25, 0.3) is 11.5 Å². The second-order valence-electron chi connectivity index (χ2n) is 6.75. The van der Waals surface area contributed by atoms with Crippen LogP contribution in [-0.4, -0.2) is 50.7 Å². The Balaban J connectivity index is 1.48. The summed E-state index contributed by atoms with van der Waals surface area (Å²) in [5, 5.41) is 3.56. The highest BCUT2D eigenvalue weighted by atomic mass is 32.2. The van der Waals surface area contributed by atoms with Gasteiger partial charge in [0.05, 0.1) is 0 Å². The van der Waals surface area contributed by atoms with Crippen molar-refractivity contribution in [1.82, 2.24) is 14.5 Å². The Morgan fingerprint density at radius 2 is 2.04 bits per heavy atom. The van der Waals surface area contributed by atoms with Crippen LogP contribution in [0.5, 0.6) is 0 Å². The van der Waals surface area contributed by atoms with E-state index in [9.17, 15) is 9.59 Å². The van der Waals surface area contributed by atoms with Gasteiger partial charge in [-0.15, -0.1) is 0 Å². The number of thioether (sulfide) groups is 2. The molecule has 0 bridgehead atoms. The van der Waals surface area contributed by atoms with Crippen molar-refractivity contribution in [2.45, 2.75) is 25.2 Å². The minimum Gasteiger partial charge on any atom is -0.322 e. The normalized spacial score (nSPS) is 16.9. The van der Waals surface area contributed by atoms with Gasteiger partial charge in [-0.05, 0) is 24.1 Å². The van der Waals surface area contributed by atoms with E-state index in [1.165, 1.54) is 35.0 Å². The average Bonchev–Trinajstić information content (AvgIpc) is 3.15. The first kappa shape index (κ1) is 18.6. The predicted octanol–water partition coefficient (Wildman–Crippen LogP) is 2.46. The van der Waals surface area contributed by atoms with Gasteiger partial charge in [0.15, 0.2) is 5.16 Å². The van der Waals surface area contributed by atoms with Gasteiger partial charge in [-0.2, -0.15) is 11.8 Å². The monoisotopic (exact) mass is 402 g/mol. The number of fused-ring (bicyclic) bond motifs is 1. The number of hydrogen-bond donors (Lipinski definition) is 1. The van der Waals surface area contributed by atoms with Gasteiger partial charge in [-0.3, -0.25) is 19.1 Å². The van der Waals surface area contributed by atoms with Gasteiger partial charge in [-0.25, -0.2) is 4.98 Å². The number of nitrogens with zero attached hydrogens (tertiary/aromatic N) is 3. The molecule has 142 valence electrons. The lowest BCUT2D eigenvalue weighted by molar-refractivity contribution is 0.102. The second-order valence-corrected chi connectivity index (χ2v) is 9.04. The lowest BCUT2D eigenvalue weighted by Crippen LogP contribution is -2.32. The van der Waals surface area contributed by atoms with Gasteiger partial charge in [0, 0.05) is 55.3 Å². The first-order chi connectivity index (χ1) is 13.1. The summed E-state index contributed by atoms with van der Waals surface area (Å²) in [6, 6.07) is 6.09. The number of carbonyl (C=O) groups is 1. The summed E-state index contributed by atoms with van der Waals surface area (Å²) < 4.78 is 1.58. The quantitative estimate of drug-likeness (QED) is 0.793. The fourth-order valence-corrected chi connectivity index (χ4v) is 5.24. The molecular weight excluding hydrogens is 380 g/mol. The molecule has 2 aliphatic rings. The molecule has 0 unspecified atom stereocenters. The average molecular weight is 403 g/mol. The van der Waals surface area contributed by atoms with Crippen LogP contribution >= 0.6 is 23.5 Å². The summed E-state index contributed by atoms with van der Waals surface area (Å²) in [6.07, 6.45) is 1.39. The van der Waals surface area contributed by atoms with Crippen molar-refractivity contribution < 1.29 is 4.79 Å². The molecule has 4 rings (SSSR count). The molecule has 0 spiro atoms. The number of carbonyl (C=O) groups excluding carboxylic acids is 1. The summed E-state index contributed by atoms with van der Waals surface area (Å²) in [7, 11) is 0. The van der Waals surface area contributed by atoms with E-state index in [4.69, 9.17) is 0 Å². The van der Waals surface area contributed by atoms with E-state index in [1.807, 2.05) is 24.8 Å². The molecule has 27 heavy (non-hydrogen) atoms. The van der Waals surface area contributed by atoms with Crippen molar-refractivity contribution in [3.05, 3.63) is 51.4 Å². The van der Waals surface area contributed by atoms with Gasteiger partial charge in [-0.1, -0.05) is 23.9 Å². The topological polar surface area (TPSA) is 67.2 Å². The Bertz CT molecular complexity index is 922. The maximum atomic E-state index is 12.6. The molecule has 1 saturated heterocycles. The molecule has 2 aromatic rings. The predicted molar refractivity (Wildman–Crippen MR) is 111 cm³/mol. The Labute approximate surface area is 166 Å². The Hall–Kier alpha value is -1.77. The standard InChI is InChI=1S/C19H22N4O2S2/c1-13-10-14(12-22-4-7-26-8-5-22)2-3-16(13)21-17(24)15-11-20-19-23(18(15)25)6-9-27-19/h2-3,10-11H,4-9,12H2,1H3,(H,21,24). The van der Waals surface area contributed by atoms with Crippen molar-refractivity contribution in [2.75, 3.05) is 35.7 Å². The molecule has 0 aliphatic carbocycles. The minimum absolute atomic E-state index is 0.0931. The highest BCUT2D eigenvalue weighted by molar-refractivity contribution is 7.99. The molecule has 1 amide bonds. The fraction of sp³-hybridized carbons (Fsp3) is 0.421. The first-order valence-corrected chi connectivity index (χ1v) is 11.2. The van der Waals surface area contributed by atoms with Crippen molar-refractivity contribution in [3.8, 4) is 0 Å². The van der Waals surface area contributed by atoms with Crippen molar-refractivity contribution in [2.24, 2.45) is 0 Å². The molecule has 0 saturated carbocycles. The molecule has 1 N–H and O–H groups in total. The summed E-state index contributed by atoms with van der Waals surface area (Å²) in [5.41, 5.74) is 2.80. The number of anilines is 1. The molecule has 1 aromatic heterocycles. The zero-order valence-corrected chi connectivity index (χ0v) is 16.9. The maximum Gasteiger partial charge on any atom is 0.267 e. The van der Waals surface area contributed by atoms with E-state index in [0.29, 0.717) is 11.7 Å². The smallest absolute Gasteiger partial charge is 0.267 e. The first-order valence-electron chi connectivity index (χ1n) is 9.05. The van der Waals surface area contributed by atoms with E-state index in [-0.39, 0.29) is 11.1 Å². The Morgan fingerprint density at radius 1 is 1.22 bits per heavy atom. The lowest BCUT2D eigenvalue weighted by Gasteiger charge is -2.26. The van der Waals surface area contributed by atoms with Gasteiger partial charge in [0.1, 0.15) is 5.56 Å². The van der Waals surface area contributed by atoms with Crippen LogP contribution in [0.3, 0.4) is 0 Å². The fourth-order valence-electron chi connectivity index (χ4n) is 3.34. The molecule has 8 heteroatoms. The van der Waals surface area contributed by atoms with E-state index >= 15 is 0 Å². The molecule has 1 aromatic carbocycles. The Kier molecular flexibility index (Phi) is 5.56. The van der Waals surface area contributed by atoms with Gasteiger partial charge < -0.3 is 5.32 Å². The van der Waals surface area contributed by atoms with E-state index in [1.54, 1.807) is 4.57 Å². The highest BCUT2D eigenvalue weighted by Gasteiger charge is 2.20. The molecule has 0 radical (unpaired) electrons. The third-order valence-corrected chi connectivity index (χ3v) is 6.76. The number of hydrogen-bond acceptors (Lipinski definition) is 6. The molecule has 2 aliphatic heterocycles. The minimum atomic E-state index is -0.399. The molecule has 3 heterocycles. The molecular formula is C19H22N4O2S2. The van der Waals surface area contributed by atoms with E-state index in [0.717, 1.165) is 36.6 Å². The van der Waals surface area contributed by atoms with Crippen LogP contribution in [0, 0.1) is 6.92 Å². The van der Waals surface area contributed by atoms with Crippen LogP contribution < -0.4 is 10.9 Å². The molecule has 6 nitrogen and oxygen atoms in total. The van der Waals surface area contributed by atoms with E-state index < -0.39 is 5.91 Å². The summed E-state index contributed by atoms with van der Waals surface area (Å²) in [4.78, 5) is 31.8. The number of aryl methyl sites for hydroxylation is 1. The number of benzene rings is 1. The summed E-state index contributed by atoms with van der Waals surface area (Å²) >= 11 is 3.54. The van der Waals surface area contributed by atoms with Crippen LogP contribution in [0.1, 0.15) is 21.5 Å². The summed E-state index contributed by atoms with van der Waals surface area (Å²) in [6.45, 7) is 5.76. The zero-order chi connectivity index (χ0) is 18.8. The number of aromatic nitrogens is 2. The van der Waals surface area contributed by atoms with Gasteiger partial charge >= 0.3 is 0 Å². The lowest BCUT2D eigenvalue weighted by atomic mass is 10.1. The number of rotatable bonds is 4. The zero-order valence-electron chi connectivity index (χ0n) is 15.2. The second kappa shape index (κ2) is 8.08. The third-order valence-electron chi connectivity index (χ3n) is 4.85. The van der Waals surface area contributed by atoms with Crippen LogP contribution in [0.15, 0.2) is 34.3 Å². The summed E-state index contributed by atoms with van der Waals surface area (Å²) in [5.74, 6) is 2.80. The largest absolute Gasteiger partial charge is 0.322 e. The number of nitrogens with one attached hydrogen (secondary N) is 1. The Morgan fingerprint density at radius 3 is 2.81 bits per heavy atom. The van der Waals surface area contributed by atoms with Crippen molar-refractivity contribution in [1.29, 1.82) is 0 Å². The third kappa shape index (κ3) is 4.07. The highest BCUT2D eigenvalue weighted by Crippen LogP contribution is 2.22. The number of amides is 1. The van der Waals surface area contributed by atoms with Crippen LogP contribution in [-0.2, 0) is 13.1 Å². The van der Waals surface area contributed by atoms with Crippen LogP contribution in [0.4, 0.5) is 5.69 Å². The van der Waals surface area contributed by atoms with Crippen LogP contribution in [0.25, 0.3) is 0 Å². The van der Waals surface area contributed by atoms with Gasteiger partial charge in [0.2, 0.25) is 0 Å². The van der Waals surface area contributed by atoms with Crippen molar-refractivity contribution >= 4 is 35.1 Å². The SMILES string of the molecule is Cc1cc(CN2CCSCC2)ccc1NC(=O)c1cnc2n(c1=O)CCS2. The van der Waals surface area contributed by atoms with Crippen molar-refractivity contribution in [3.63, 3.8) is 0 Å². The van der Waals surface area contributed by atoms with Crippen LogP contribution in [0.2, 0.25) is 0 Å².